The van der Waals surface area contributed by atoms with Gasteiger partial charge >= 0.3 is 0 Å². The van der Waals surface area contributed by atoms with Gasteiger partial charge in [0.15, 0.2) is 0 Å². The maximum absolute atomic E-state index is 12.0. The van der Waals surface area contributed by atoms with Gasteiger partial charge in [-0.25, -0.2) is 0 Å². The molecule has 1 aliphatic heterocycles. The van der Waals surface area contributed by atoms with Crippen molar-refractivity contribution >= 4 is 5.91 Å². The number of piperazine rings is 1. The van der Waals surface area contributed by atoms with E-state index in [2.05, 4.69) is 11.8 Å². The molecule has 2 fully saturated rings. The molecule has 0 aromatic rings. The quantitative estimate of drug-likeness (QED) is 0.767. The Morgan fingerprint density at radius 1 is 1.29 bits per heavy atom. The predicted molar refractivity (Wildman–Crippen MR) is 68.6 cm³/mol. The fourth-order valence-corrected chi connectivity index (χ4v) is 2.49. The van der Waals surface area contributed by atoms with E-state index in [1.807, 2.05) is 4.90 Å². The highest BCUT2D eigenvalue weighted by molar-refractivity contribution is 5.81. The van der Waals surface area contributed by atoms with Crippen LogP contribution in [0.1, 0.15) is 32.6 Å². The molecule has 0 radical (unpaired) electrons. The third-order valence-electron chi connectivity index (χ3n) is 3.81. The zero-order valence-corrected chi connectivity index (χ0v) is 10.9. The van der Waals surface area contributed by atoms with Gasteiger partial charge in [-0.1, -0.05) is 13.3 Å². The SMILES string of the molecule is CCCC(N)C(=O)N1CCN(CC2CC2)CC1. The van der Waals surface area contributed by atoms with Crippen molar-refractivity contribution in [3.8, 4) is 0 Å². The van der Waals surface area contributed by atoms with E-state index in [1.54, 1.807) is 0 Å². The minimum atomic E-state index is -0.282. The highest BCUT2D eigenvalue weighted by Crippen LogP contribution is 2.29. The van der Waals surface area contributed by atoms with Crippen LogP contribution in [0.5, 0.6) is 0 Å². The molecule has 17 heavy (non-hydrogen) atoms. The minimum Gasteiger partial charge on any atom is -0.339 e. The van der Waals surface area contributed by atoms with Gasteiger partial charge in [0.25, 0.3) is 0 Å². The van der Waals surface area contributed by atoms with Gasteiger partial charge in [0, 0.05) is 32.7 Å². The van der Waals surface area contributed by atoms with Crippen LogP contribution < -0.4 is 5.73 Å². The lowest BCUT2D eigenvalue weighted by atomic mass is 10.1. The Kier molecular flexibility index (Phi) is 4.40. The van der Waals surface area contributed by atoms with Crippen LogP contribution in [-0.4, -0.2) is 54.5 Å². The van der Waals surface area contributed by atoms with E-state index in [9.17, 15) is 4.79 Å². The Morgan fingerprint density at radius 2 is 1.94 bits per heavy atom. The summed E-state index contributed by atoms with van der Waals surface area (Å²) < 4.78 is 0. The lowest BCUT2D eigenvalue weighted by molar-refractivity contribution is -0.134. The van der Waals surface area contributed by atoms with Crippen LogP contribution in [0.3, 0.4) is 0 Å². The fraction of sp³-hybridized carbons (Fsp3) is 0.923. The number of amides is 1. The Morgan fingerprint density at radius 3 is 2.47 bits per heavy atom. The number of nitrogens with zero attached hydrogens (tertiary/aromatic N) is 2. The Bertz CT molecular complexity index is 257. The molecule has 1 aliphatic carbocycles. The number of rotatable bonds is 5. The highest BCUT2D eigenvalue weighted by atomic mass is 16.2. The molecule has 0 aromatic carbocycles. The first-order valence-corrected chi connectivity index (χ1v) is 6.97. The van der Waals surface area contributed by atoms with E-state index in [0.717, 1.165) is 44.9 Å². The molecule has 2 aliphatic rings. The zero-order valence-electron chi connectivity index (χ0n) is 10.9. The standard InChI is InChI=1S/C13H25N3O/c1-2-3-12(14)13(17)16-8-6-15(7-9-16)10-11-4-5-11/h11-12H,2-10,14H2,1H3. The van der Waals surface area contributed by atoms with Crippen molar-refractivity contribution in [1.82, 2.24) is 9.80 Å². The summed E-state index contributed by atoms with van der Waals surface area (Å²) in [7, 11) is 0. The summed E-state index contributed by atoms with van der Waals surface area (Å²) in [5.74, 6) is 1.09. The third kappa shape index (κ3) is 3.68. The van der Waals surface area contributed by atoms with E-state index in [1.165, 1.54) is 19.4 Å². The summed E-state index contributed by atoms with van der Waals surface area (Å²) in [5, 5.41) is 0. The van der Waals surface area contributed by atoms with Gasteiger partial charge in [0.05, 0.1) is 6.04 Å². The molecule has 4 heteroatoms. The van der Waals surface area contributed by atoms with Gasteiger partial charge < -0.3 is 10.6 Å². The van der Waals surface area contributed by atoms with E-state index in [-0.39, 0.29) is 11.9 Å². The molecular weight excluding hydrogens is 214 g/mol. The Hall–Kier alpha value is -0.610. The molecule has 4 nitrogen and oxygen atoms in total. The summed E-state index contributed by atoms with van der Waals surface area (Å²) in [5.41, 5.74) is 5.88. The van der Waals surface area contributed by atoms with Crippen molar-refractivity contribution in [1.29, 1.82) is 0 Å². The van der Waals surface area contributed by atoms with Crippen LogP contribution >= 0.6 is 0 Å². The number of carbonyl (C=O) groups is 1. The molecule has 1 amide bonds. The van der Waals surface area contributed by atoms with Crippen molar-refractivity contribution < 1.29 is 4.79 Å². The second-order valence-electron chi connectivity index (χ2n) is 5.46. The van der Waals surface area contributed by atoms with Crippen LogP contribution in [0.4, 0.5) is 0 Å². The summed E-state index contributed by atoms with van der Waals surface area (Å²) in [6, 6.07) is -0.282. The normalized spacial score (nSPS) is 23.8. The zero-order chi connectivity index (χ0) is 12.3. The summed E-state index contributed by atoms with van der Waals surface area (Å²) in [6.07, 6.45) is 4.59. The lowest BCUT2D eigenvalue weighted by Crippen LogP contribution is -2.53. The molecule has 1 saturated carbocycles. The smallest absolute Gasteiger partial charge is 0.239 e. The van der Waals surface area contributed by atoms with Crippen LogP contribution in [-0.2, 0) is 4.79 Å². The second-order valence-corrected chi connectivity index (χ2v) is 5.46. The van der Waals surface area contributed by atoms with E-state index >= 15 is 0 Å². The average molecular weight is 239 g/mol. The van der Waals surface area contributed by atoms with Gasteiger partial charge in [-0.3, -0.25) is 9.69 Å². The number of nitrogens with two attached hydrogens (primary N) is 1. The first-order chi connectivity index (χ1) is 8.20. The number of carbonyl (C=O) groups excluding carboxylic acids is 1. The maximum atomic E-state index is 12.0. The van der Waals surface area contributed by atoms with Crippen molar-refractivity contribution in [2.45, 2.75) is 38.6 Å². The van der Waals surface area contributed by atoms with Crippen molar-refractivity contribution in [2.24, 2.45) is 11.7 Å². The number of hydrogen-bond donors (Lipinski definition) is 1. The third-order valence-corrected chi connectivity index (χ3v) is 3.81. The van der Waals surface area contributed by atoms with Gasteiger partial charge in [-0.2, -0.15) is 0 Å². The largest absolute Gasteiger partial charge is 0.339 e. The van der Waals surface area contributed by atoms with Gasteiger partial charge in [0.2, 0.25) is 5.91 Å². The fourth-order valence-electron chi connectivity index (χ4n) is 2.49. The highest BCUT2D eigenvalue weighted by Gasteiger charge is 2.28. The summed E-state index contributed by atoms with van der Waals surface area (Å²) in [4.78, 5) is 16.5. The Balaban J connectivity index is 1.71. The van der Waals surface area contributed by atoms with E-state index in [0.29, 0.717) is 0 Å². The number of hydrogen-bond acceptors (Lipinski definition) is 3. The molecule has 2 rings (SSSR count). The first-order valence-electron chi connectivity index (χ1n) is 6.97. The first kappa shape index (κ1) is 12.8. The molecule has 0 bridgehead atoms. The minimum absolute atomic E-state index is 0.151. The summed E-state index contributed by atoms with van der Waals surface area (Å²) >= 11 is 0. The summed E-state index contributed by atoms with van der Waals surface area (Å²) in [6.45, 7) is 7.10. The van der Waals surface area contributed by atoms with Crippen molar-refractivity contribution in [3.63, 3.8) is 0 Å². The van der Waals surface area contributed by atoms with Gasteiger partial charge in [-0.05, 0) is 25.2 Å². The van der Waals surface area contributed by atoms with Crippen LogP contribution in [0.15, 0.2) is 0 Å². The monoisotopic (exact) mass is 239 g/mol. The molecule has 0 spiro atoms. The van der Waals surface area contributed by atoms with Crippen LogP contribution in [0, 0.1) is 5.92 Å². The van der Waals surface area contributed by atoms with Crippen LogP contribution in [0.25, 0.3) is 0 Å². The van der Waals surface area contributed by atoms with Gasteiger partial charge in [0.1, 0.15) is 0 Å². The topological polar surface area (TPSA) is 49.6 Å². The average Bonchev–Trinajstić information content (AvgIpc) is 3.13. The molecule has 1 heterocycles. The molecule has 0 aromatic heterocycles. The maximum Gasteiger partial charge on any atom is 0.239 e. The van der Waals surface area contributed by atoms with E-state index < -0.39 is 0 Å². The second kappa shape index (κ2) is 5.83. The molecule has 98 valence electrons. The van der Waals surface area contributed by atoms with Crippen molar-refractivity contribution in [3.05, 3.63) is 0 Å². The van der Waals surface area contributed by atoms with E-state index in [4.69, 9.17) is 5.73 Å². The predicted octanol–water partition coefficient (Wildman–Crippen LogP) is 0.668. The molecular formula is C13H25N3O. The molecule has 1 unspecified atom stereocenters. The molecule has 2 N–H and O–H groups in total. The van der Waals surface area contributed by atoms with Gasteiger partial charge in [-0.15, -0.1) is 0 Å². The lowest BCUT2D eigenvalue weighted by Gasteiger charge is -2.35. The molecule has 1 saturated heterocycles. The Labute approximate surface area is 104 Å². The van der Waals surface area contributed by atoms with Crippen molar-refractivity contribution in [2.75, 3.05) is 32.7 Å². The molecule has 1 atom stereocenters. The van der Waals surface area contributed by atoms with Crippen LogP contribution in [0.2, 0.25) is 0 Å².